The quantitative estimate of drug-likeness (QED) is 0.474. The molecule has 2 atom stereocenters. The first-order chi connectivity index (χ1) is 7.09. The minimum atomic E-state index is -1.15. The summed E-state index contributed by atoms with van der Waals surface area (Å²) in [6.45, 7) is -0.467. The average Bonchev–Trinajstić information content (AvgIpc) is 2.56. The smallest absolute Gasteiger partial charge is 0.324 e. The number of nitrogens with zero attached hydrogens (tertiary/aromatic N) is 3. The zero-order valence-corrected chi connectivity index (χ0v) is 7.38. The van der Waals surface area contributed by atoms with Crippen LogP contribution < -0.4 is 10.9 Å². The normalized spacial score (nSPS) is 28.4. The van der Waals surface area contributed by atoms with Gasteiger partial charge in [-0.2, -0.15) is 5.11 Å². The first-order valence-corrected chi connectivity index (χ1v) is 4.08. The van der Waals surface area contributed by atoms with E-state index in [1.54, 1.807) is 0 Å². The van der Waals surface area contributed by atoms with Gasteiger partial charge in [-0.1, -0.05) is 5.22 Å². The van der Waals surface area contributed by atoms with E-state index in [2.05, 4.69) is 21.2 Å². The van der Waals surface area contributed by atoms with Gasteiger partial charge in [-0.05, 0) is 0 Å². The summed E-state index contributed by atoms with van der Waals surface area (Å²) in [5.41, 5.74) is 4.22. The first kappa shape index (κ1) is 9.37. The van der Waals surface area contributed by atoms with Crippen molar-refractivity contribution < 1.29 is 19.5 Å². The third-order valence-electron chi connectivity index (χ3n) is 2.05. The molecule has 0 saturated carbocycles. The molecule has 0 aromatic rings. The molecular formula is C6H7N5O4. The molecule has 80 valence electrons. The van der Waals surface area contributed by atoms with E-state index in [1.807, 2.05) is 0 Å². The Balaban J connectivity index is 2.18. The lowest BCUT2D eigenvalue weighted by atomic mass is 10.1. The number of aliphatic carboxylic acids is 1. The lowest BCUT2D eigenvalue weighted by Gasteiger charge is -2.26. The van der Waals surface area contributed by atoms with Crippen LogP contribution in [0.15, 0.2) is 10.3 Å². The maximum Gasteiger partial charge on any atom is 0.324 e. The summed E-state index contributed by atoms with van der Waals surface area (Å²) in [6, 6.07) is -1.92. The fourth-order valence-electron chi connectivity index (χ4n) is 1.42. The van der Waals surface area contributed by atoms with Gasteiger partial charge in [0.15, 0.2) is 12.1 Å². The Labute approximate surface area is 83.1 Å². The predicted molar refractivity (Wildman–Crippen MR) is 43.1 cm³/mol. The van der Waals surface area contributed by atoms with Gasteiger partial charge in [-0.15, -0.1) is 0 Å². The Morgan fingerprint density at radius 3 is 2.73 bits per heavy atom. The van der Waals surface area contributed by atoms with Crippen molar-refractivity contribution >= 4 is 17.8 Å². The van der Waals surface area contributed by atoms with Gasteiger partial charge >= 0.3 is 5.97 Å². The summed E-state index contributed by atoms with van der Waals surface area (Å²) in [7, 11) is 0. The third kappa shape index (κ3) is 1.47. The maximum absolute atomic E-state index is 11.3. The summed E-state index contributed by atoms with van der Waals surface area (Å²) in [6.07, 6.45) is 0. The number of hydrogen-bond donors (Lipinski definition) is 3. The molecule has 2 rings (SSSR count). The van der Waals surface area contributed by atoms with E-state index in [4.69, 9.17) is 5.11 Å². The maximum atomic E-state index is 11.3. The van der Waals surface area contributed by atoms with Crippen LogP contribution in [-0.4, -0.2) is 46.5 Å². The minimum Gasteiger partial charge on any atom is -0.480 e. The summed E-state index contributed by atoms with van der Waals surface area (Å²) in [5.74, 6) is -2.17. The SMILES string of the molecule is O=C(O)CN1N=NC2C(=O)NNC(=O)C21. The zero-order chi connectivity index (χ0) is 11.0. The largest absolute Gasteiger partial charge is 0.480 e. The number of rotatable bonds is 2. The standard InChI is InChI=1S/C6H7N5O4/c12-2(13)1-11-4-3(7-10-11)5(14)8-9-6(4)15/h3-4H,1H2,(H,8,14)(H,9,15)(H,12,13). The monoisotopic (exact) mass is 213 g/mol. The zero-order valence-electron chi connectivity index (χ0n) is 7.38. The Morgan fingerprint density at radius 2 is 2.07 bits per heavy atom. The highest BCUT2D eigenvalue weighted by atomic mass is 16.4. The molecule has 1 fully saturated rings. The molecule has 2 amide bonds. The predicted octanol–water partition coefficient (Wildman–Crippen LogP) is -2.35. The first-order valence-electron chi connectivity index (χ1n) is 4.08. The van der Waals surface area contributed by atoms with E-state index in [-0.39, 0.29) is 0 Å². The van der Waals surface area contributed by atoms with Crippen LogP contribution in [0, 0.1) is 0 Å². The molecule has 0 spiro atoms. The van der Waals surface area contributed by atoms with Gasteiger partial charge in [0.25, 0.3) is 11.8 Å². The molecule has 9 heteroatoms. The summed E-state index contributed by atoms with van der Waals surface area (Å²) in [4.78, 5) is 33.0. The van der Waals surface area contributed by atoms with Crippen molar-refractivity contribution in [3.63, 3.8) is 0 Å². The molecular weight excluding hydrogens is 206 g/mol. The van der Waals surface area contributed by atoms with Gasteiger partial charge in [0.1, 0.15) is 6.54 Å². The fraction of sp³-hybridized carbons (Fsp3) is 0.500. The number of carboxylic acids is 1. The molecule has 15 heavy (non-hydrogen) atoms. The number of hydrogen-bond acceptors (Lipinski definition) is 6. The van der Waals surface area contributed by atoms with Gasteiger partial charge in [-0.25, -0.2) is 0 Å². The highest BCUT2D eigenvalue weighted by Crippen LogP contribution is 2.19. The van der Waals surface area contributed by atoms with E-state index >= 15 is 0 Å². The van der Waals surface area contributed by atoms with Crippen LogP contribution in [0.1, 0.15) is 0 Å². The van der Waals surface area contributed by atoms with E-state index in [0.29, 0.717) is 0 Å². The van der Waals surface area contributed by atoms with Crippen molar-refractivity contribution in [3.8, 4) is 0 Å². The molecule has 0 radical (unpaired) electrons. The molecule has 9 nitrogen and oxygen atoms in total. The fourth-order valence-corrected chi connectivity index (χ4v) is 1.42. The van der Waals surface area contributed by atoms with Crippen LogP contribution >= 0.6 is 0 Å². The Hall–Kier alpha value is -2.19. The Bertz CT molecular complexity index is 367. The molecule has 2 aliphatic heterocycles. The van der Waals surface area contributed by atoms with Crippen molar-refractivity contribution in [3.05, 3.63) is 0 Å². The number of nitrogens with one attached hydrogen (secondary N) is 2. The molecule has 3 N–H and O–H groups in total. The van der Waals surface area contributed by atoms with Crippen LogP contribution in [0.25, 0.3) is 0 Å². The van der Waals surface area contributed by atoms with Gasteiger partial charge in [0, 0.05) is 0 Å². The number of carbonyl (C=O) groups excluding carboxylic acids is 2. The van der Waals surface area contributed by atoms with Crippen LogP contribution in [0.5, 0.6) is 0 Å². The topological polar surface area (TPSA) is 123 Å². The van der Waals surface area contributed by atoms with E-state index in [9.17, 15) is 14.4 Å². The highest BCUT2D eigenvalue weighted by molar-refractivity contribution is 5.97. The number of hydrazine groups is 1. The number of carbonyl (C=O) groups is 3. The van der Waals surface area contributed by atoms with E-state index in [0.717, 1.165) is 5.01 Å². The van der Waals surface area contributed by atoms with E-state index in [1.165, 1.54) is 0 Å². The summed E-state index contributed by atoms with van der Waals surface area (Å²) in [5, 5.41) is 16.5. The lowest BCUT2D eigenvalue weighted by Crippen LogP contribution is -2.63. The molecule has 2 unspecified atom stereocenters. The van der Waals surface area contributed by atoms with Crippen LogP contribution in [0.3, 0.4) is 0 Å². The third-order valence-corrected chi connectivity index (χ3v) is 2.05. The summed E-state index contributed by atoms with van der Waals surface area (Å²) < 4.78 is 0. The highest BCUT2D eigenvalue weighted by Gasteiger charge is 2.46. The van der Waals surface area contributed by atoms with Gasteiger partial charge in [0.2, 0.25) is 0 Å². The Kier molecular flexibility index (Phi) is 1.99. The van der Waals surface area contributed by atoms with Crippen LogP contribution in [0.4, 0.5) is 0 Å². The van der Waals surface area contributed by atoms with Crippen LogP contribution in [-0.2, 0) is 14.4 Å². The molecule has 0 bridgehead atoms. The van der Waals surface area contributed by atoms with Crippen LogP contribution in [0.2, 0.25) is 0 Å². The molecule has 2 heterocycles. The molecule has 0 aromatic carbocycles. The summed E-state index contributed by atoms with van der Waals surface area (Å²) >= 11 is 0. The number of fused-ring (bicyclic) bond motifs is 1. The van der Waals surface area contributed by atoms with Gasteiger partial charge in [0.05, 0.1) is 0 Å². The second-order valence-electron chi connectivity index (χ2n) is 3.06. The number of carboxylic acid groups (broad SMARTS) is 1. The molecule has 0 aromatic heterocycles. The second-order valence-corrected chi connectivity index (χ2v) is 3.06. The molecule has 0 aliphatic carbocycles. The Morgan fingerprint density at radius 1 is 1.40 bits per heavy atom. The van der Waals surface area contributed by atoms with Crippen molar-refractivity contribution in [2.75, 3.05) is 6.54 Å². The van der Waals surface area contributed by atoms with E-state index < -0.39 is 36.4 Å². The second kappa shape index (κ2) is 3.19. The average molecular weight is 213 g/mol. The van der Waals surface area contributed by atoms with Crippen molar-refractivity contribution in [1.29, 1.82) is 0 Å². The van der Waals surface area contributed by atoms with Gasteiger partial charge < -0.3 is 5.11 Å². The molecule has 2 aliphatic rings. The molecule has 1 saturated heterocycles. The minimum absolute atomic E-state index is 0.467. The number of amides is 2. The van der Waals surface area contributed by atoms with Crippen molar-refractivity contribution in [1.82, 2.24) is 15.9 Å². The van der Waals surface area contributed by atoms with Crippen molar-refractivity contribution in [2.24, 2.45) is 10.3 Å². The van der Waals surface area contributed by atoms with Crippen molar-refractivity contribution in [2.45, 2.75) is 12.1 Å². The lowest BCUT2D eigenvalue weighted by molar-refractivity contribution is -0.143. The van der Waals surface area contributed by atoms with Gasteiger partial charge in [-0.3, -0.25) is 30.2 Å².